The largest absolute Gasteiger partial charge is 0.494 e. The Hall–Kier alpha value is -4.75. The first-order valence-electron chi connectivity index (χ1n) is 13.3. The molecule has 200 valence electrons. The predicted octanol–water partition coefficient (Wildman–Crippen LogP) is 5.13. The minimum absolute atomic E-state index is 0.0624. The maximum Gasteiger partial charge on any atom is 0.266 e. The van der Waals surface area contributed by atoms with Crippen molar-refractivity contribution in [2.24, 2.45) is 4.99 Å². The van der Waals surface area contributed by atoms with Crippen molar-refractivity contribution in [2.45, 2.75) is 24.5 Å². The second-order valence-electron chi connectivity index (χ2n) is 9.82. The van der Waals surface area contributed by atoms with Gasteiger partial charge in [0.05, 0.1) is 12.3 Å². The molecular formula is C33H28N2O5. The Morgan fingerprint density at radius 1 is 0.900 bits per heavy atom. The lowest BCUT2D eigenvalue weighted by Crippen LogP contribution is -2.57. The summed E-state index contributed by atoms with van der Waals surface area (Å²) < 4.78 is 12.2. The summed E-state index contributed by atoms with van der Waals surface area (Å²) in [5, 5.41) is 9.01. The molecule has 1 N–H and O–H groups in total. The summed E-state index contributed by atoms with van der Waals surface area (Å²) in [5.74, 6) is 0.165. The summed E-state index contributed by atoms with van der Waals surface area (Å²) in [4.78, 5) is 34.7. The Kier molecular flexibility index (Phi) is 6.88. The lowest BCUT2D eigenvalue weighted by Gasteiger charge is -2.40. The van der Waals surface area contributed by atoms with Crippen molar-refractivity contribution < 1.29 is 24.2 Å². The van der Waals surface area contributed by atoms with Crippen LogP contribution in [0.4, 0.5) is 5.69 Å². The van der Waals surface area contributed by atoms with Gasteiger partial charge in [-0.1, -0.05) is 66.7 Å². The monoisotopic (exact) mass is 532 g/mol. The third-order valence-corrected chi connectivity index (χ3v) is 7.21. The van der Waals surface area contributed by atoms with E-state index in [1.165, 1.54) is 4.90 Å². The van der Waals surface area contributed by atoms with E-state index in [0.717, 1.165) is 11.1 Å². The van der Waals surface area contributed by atoms with Gasteiger partial charge in [-0.15, -0.1) is 0 Å². The second kappa shape index (κ2) is 10.8. The van der Waals surface area contributed by atoms with Crippen LogP contribution in [-0.4, -0.2) is 41.6 Å². The van der Waals surface area contributed by atoms with Gasteiger partial charge in [-0.05, 0) is 48.0 Å². The summed E-state index contributed by atoms with van der Waals surface area (Å²) in [6, 6.07) is 33.1. The number of hydrogen-bond acceptors (Lipinski definition) is 6. The zero-order valence-corrected chi connectivity index (χ0v) is 21.8. The van der Waals surface area contributed by atoms with Crippen LogP contribution in [-0.2, 0) is 16.0 Å². The van der Waals surface area contributed by atoms with E-state index in [1.54, 1.807) is 30.3 Å². The number of nitrogens with zero attached hydrogens (tertiary/aromatic N) is 2. The molecule has 0 saturated heterocycles. The number of imide groups is 1. The van der Waals surface area contributed by atoms with Crippen molar-refractivity contribution in [3.63, 3.8) is 0 Å². The lowest BCUT2D eigenvalue weighted by atomic mass is 9.78. The Labute approximate surface area is 232 Å². The topological polar surface area (TPSA) is 88.4 Å². The van der Waals surface area contributed by atoms with Gasteiger partial charge in [0.2, 0.25) is 5.90 Å². The molecule has 6 rings (SSSR count). The number of aliphatic imine (C=N–C) groups is 1. The average Bonchev–Trinajstić information content (AvgIpc) is 3.39. The zero-order valence-electron chi connectivity index (χ0n) is 21.8. The Balaban J connectivity index is 1.45. The molecule has 2 amide bonds. The summed E-state index contributed by atoms with van der Waals surface area (Å²) in [6.45, 7) is 0.471. The SMILES string of the molecule is O=C(c1ccccc1)N1C(=O)[C@@]2(Cc3ccccc3)N=C(c3ccc(OCCCO)cc3)O[C@H]2c2ccccc21. The fourth-order valence-electron chi connectivity index (χ4n) is 5.28. The number of benzene rings is 4. The van der Waals surface area contributed by atoms with Crippen molar-refractivity contribution in [1.82, 2.24) is 0 Å². The molecule has 0 bridgehead atoms. The highest BCUT2D eigenvalue weighted by Crippen LogP contribution is 2.50. The van der Waals surface area contributed by atoms with Crippen molar-refractivity contribution in [1.29, 1.82) is 0 Å². The molecule has 2 aliphatic rings. The number of anilines is 1. The van der Waals surface area contributed by atoms with E-state index in [-0.39, 0.29) is 13.0 Å². The number of carbonyl (C=O) groups is 2. The van der Waals surface area contributed by atoms with Crippen LogP contribution in [0.25, 0.3) is 0 Å². The van der Waals surface area contributed by atoms with Crippen molar-refractivity contribution in [3.05, 3.63) is 131 Å². The molecule has 4 aromatic carbocycles. The number of hydrogen-bond donors (Lipinski definition) is 1. The van der Waals surface area contributed by atoms with E-state index in [9.17, 15) is 9.59 Å². The highest BCUT2D eigenvalue weighted by Gasteiger charge is 2.60. The first kappa shape index (κ1) is 25.5. The van der Waals surface area contributed by atoms with Gasteiger partial charge in [-0.3, -0.25) is 9.59 Å². The number of amides is 2. The standard InChI is InChI=1S/C33H28N2O5/c36-20-9-21-39-26-18-16-24(17-19-26)30-34-33(22-23-10-3-1-4-11-23)29(40-30)27-14-7-8-15-28(27)35(32(33)38)31(37)25-12-5-2-6-13-25/h1-8,10-19,29,36H,9,20-22H2/t29-,33-/m0/s1. The van der Waals surface area contributed by atoms with Gasteiger partial charge in [0.15, 0.2) is 11.6 Å². The van der Waals surface area contributed by atoms with Crippen LogP contribution in [0.2, 0.25) is 0 Å². The van der Waals surface area contributed by atoms with Gasteiger partial charge >= 0.3 is 0 Å². The van der Waals surface area contributed by atoms with Crippen molar-refractivity contribution in [3.8, 4) is 5.75 Å². The van der Waals surface area contributed by atoms with Crippen LogP contribution in [0.3, 0.4) is 0 Å². The summed E-state index contributed by atoms with van der Waals surface area (Å²) in [6.07, 6.45) is 0.0866. The van der Waals surface area contributed by atoms with Gasteiger partial charge in [0, 0.05) is 36.1 Å². The summed E-state index contributed by atoms with van der Waals surface area (Å²) in [7, 11) is 0. The summed E-state index contributed by atoms with van der Waals surface area (Å²) in [5.41, 5.74) is 1.87. The Morgan fingerprint density at radius 3 is 2.30 bits per heavy atom. The summed E-state index contributed by atoms with van der Waals surface area (Å²) >= 11 is 0. The number of rotatable bonds is 8. The first-order valence-corrected chi connectivity index (χ1v) is 13.3. The Bertz CT molecular complexity index is 1550. The van der Waals surface area contributed by atoms with Gasteiger partial charge in [0.1, 0.15) is 5.75 Å². The number of ether oxygens (including phenoxy) is 2. The lowest BCUT2D eigenvalue weighted by molar-refractivity contribution is -0.126. The van der Waals surface area contributed by atoms with E-state index in [0.29, 0.717) is 41.5 Å². The molecule has 0 radical (unpaired) electrons. The maximum atomic E-state index is 14.6. The molecule has 0 fully saturated rings. The van der Waals surface area contributed by atoms with Gasteiger partial charge in [0.25, 0.3) is 11.8 Å². The molecule has 0 saturated carbocycles. The van der Waals surface area contributed by atoms with Gasteiger partial charge < -0.3 is 14.6 Å². The van der Waals surface area contributed by atoms with E-state index in [2.05, 4.69) is 0 Å². The molecule has 0 unspecified atom stereocenters. The predicted molar refractivity (Wildman–Crippen MR) is 152 cm³/mol. The fraction of sp³-hybridized carbons (Fsp3) is 0.182. The molecule has 0 aliphatic carbocycles. The molecule has 2 aliphatic heterocycles. The minimum atomic E-state index is -1.38. The normalized spacial score (nSPS) is 19.3. The average molecular weight is 533 g/mol. The number of fused-ring (bicyclic) bond motifs is 3. The highest BCUT2D eigenvalue weighted by atomic mass is 16.5. The van der Waals surface area contributed by atoms with Crippen LogP contribution in [0.5, 0.6) is 5.75 Å². The van der Waals surface area contributed by atoms with E-state index in [1.807, 2.05) is 78.9 Å². The van der Waals surface area contributed by atoms with Gasteiger partial charge in [-0.2, -0.15) is 0 Å². The molecule has 2 heterocycles. The molecular weight excluding hydrogens is 504 g/mol. The number of para-hydroxylation sites is 1. The van der Waals surface area contributed by atoms with E-state index < -0.39 is 23.5 Å². The molecule has 4 aromatic rings. The maximum absolute atomic E-state index is 14.6. The molecule has 0 aromatic heterocycles. The molecule has 7 heteroatoms. The molecule has 2 atom stereocenters. The smallest absolute Gasteiger partial charge is 0.266 e. The van der Waals surface area contributed by atoms with Crippen LogP contribution in [0.15, 0.2) is 114 Å². The third kappa shape index (κ3) is 4.54. The van der Waals surface area contributed by atoms with Gasteiger partial charge in [-0.25, -0.2) is 9.89 Å². The zero-order chi connectivity index (χ0) is 27.5. The highest BCUT2D eigenvalue weighted by molar-refractivity contribution is 6.26. The van der Waals surface area contributed by atoms with Crippen LogP contribution < -0.4 is 9.64 Å². The van der Waals surface area contributed by atoms with Crippen molar-refractivity contribution in [2.75, 3.05) is 18.1 Å². The number of aliphatic hydroxyl groups excluding tert-OH is 1. The van der Waals surface area contributed by atoms with Crippen molar-refractivity contribution >= 4 is 23.4 Å². The molecule has 7 nitrogen and oxygen atoms in total. The molecule has 0 spiro atoms. The number of carbonyl (C=O) groups excluding carboxylic acids is 2. The molecule has 40 heavy (non-hydrogen) atoms. The van der Waals surface area contributed by atoms with Crippen LogP contribution in [0, 0.1) is 0 Å². The van der Waals surface area contributed by atoms with Crippen LogP contribution in [0.1, 0.15) is 39.6 Å². The quantitative estimate of drug-likeness (QED) is 0.251. The third-order valence-electron chi connectivity index (χ3n) is 7.21. The van der Waals surface area contributed by atoms with E-state index >= 15 is 0 Å². The second-order valence-corrected chi connectivity index (χ2v) is 9.82. The number of aliphatic hydroxyl groups is 1. The fourth-order valence-corrected chi connectivity index (χ4v) is 5.28. The first-order chi connectivity index (χ1) is 19.6. The Morgan fingerprint density at radius 2 is 1.57 bits per heavy atom. The van der Waals surface area contributed by atoms with Crippen LogP contribution >= 0.6 is 0 Å². The van der Waals surface area contributed by atoms with E-state index in [4.69, 9.17) is 19.6 Å². The minimum Gasteiger partial charge on any atom is -0.494 e.